The first-order valence-electron chi connectivity index (χ1n) is 4.75. The molecule has 0 spiro atoms. The summed E-state index contributed by atoms with van der Waals surface area (Å²) in [7, 11) is 0. The maximum atomic E-state index is 9.16. The van der Waals surface area contributed by atoms with Gasteiger partial charge in [0.1, 0.15) is 0 Å². The van der Waals surface area contributed by atoms with Gasteiger partial charge >= 0.3 is 0 Å². The summed E-state index contributed by atoms with van der Waals surface area (Å²) in [5, 5.41) is 9.16. The fourth-order valence-electron chi connectivity index (χ4n) is 1.09. The van der Waals surface area contributed by atoms with E-state index < -0.39 is 6.10 Å². The first-order chi connectivity index (χ1) is 6.83. The molecule has 1 rings (SSSR count). The molecule has 0 saturated heterocycles. The van der Waals surface area contributed by atoms with E-state index in [1.54, 1.807) is 0 Å². The molecule has 0 aliphatic rings. The smallest absolute Gasteiger partial charge is 0.0740 e. The van der Waals surface area contributed by atoms with Crippen molar-refractivity contribution in [1.82, 2.24) is 0 Å². The highest BCUT2D eigenvalue weighted by Crippen LogP contribution is 2.01. The van der Waals surface area contributed by atoms with Crippen molar-refractivity contribution in [3.63, 3.8) is 0 Å². The average Bonchev–Trinajstić information content (AvgIpc) is 2.25. The van der Waals surface area contributed by atoms with Crippen LogP contribution < -0.4 is 0 Å². The van der Waals surface area contributed by atoms with Crippen LogP contribution in [0.5, 0.6) is 0 Å². The van der Waals surface area contributed by atoms with E-state index in [9.17, 15) is 0 Å². The predicted octanol–water partition coefficient (Wildman–Crippen LogP) is 2.14. The zero-order valence-corrected chi connectivity index (χ0v) is 8.23. The number of aliphatic hydroxyl groups excluding tert-OH is 1. The summed E-state index contributed by atoms with van der Waals surface area (Å²) in [4.78, 5) is 0. The van der Waals surface area contributed by atoms with E-state index >= 15 is 0 Å². The molecule has 0 saturated carbocycles. The Morgan fingerprint density at radius 2 is 2.07 bits per heavy atom. The van der Waals surface area contributed by atoms with Crippen molar-refractivity contribution in [3.05, 3.63) is 48.6 Å². The number of aliphatic hydroxyl groups is 1. The van der Waals surface area contributed by atoms with Gasteiger partial charge in [0.15, 0.2) is 0 Å². The molecule has 1 atom stereocenters. The minimum Gasteiger partial charge on any atom is -0.389 e. The lowest BCUT2D eigenvalue weighted by Gasteiger charge is -2.06. The van der Waals surface area contributed by atoms with Gasteiger partial charge in [0.2, 0.25) is 0 Å². The van der Waals surface area contributed by atoms with E-state index in [0.29, 0.717) is 19.6 Å². The molecule has 0 aromatic heterocycles. The fraction of sp³-hybridized carbons (Fsp3) is 0.333. The van der Waals surface area contributed by atoms with Crippen molar-refractivity contribution >= 4 is 0 Å². The Morgan fingerprint density at radius 1 is 1.36 bits per heavy atom. The first kappa shape index (κ1) is 11.0. The second kappa shape index (κ2) is 6.35. The lowest BCUT2D eigenvalue weighted by atomic mass is 10.2. The third-order valence-corrected chi connectivity index (χ3v) is 1.94. The van der Waals surface area contributed by atoms with Crippen LogP contribution in [-0.4, -0.2) is 17.8 Å². The number of hydrogen-bond acceptors (Lipinski definition) is 2. The second-order valence-corrected chi connectivity index (χ2v) is 3.13. The van der Waals surface area contributed by atoms with Crippen molar-refractivity contribution in [1.29, 1.82) is 0 Å². The van der Waals surface area contributed by atoms with Crippen molar-refractivity contribution < 1.29 is 9.84 Å². The van der Waals surface area contributed by atoms with E-state index in [1.165, 1.54) is 6.08 Å². The van der Waals surface area contributed by atoms with Crippen molar-refractivity contribution in [2.75, 3.05) is 6.61 Å². The van der Waals surface area contributed by atoms with Crippen molar-refractivity contribution in [2.24, 2.45) is 0 Å². The van der Waals surface area contributed by atoms with Gasteiger partial charge in [-0.1, -0.05) is 36.4 Å². The Bertz CT molecular complexity index is 256. The van der Waals surface area contributed by atoms with Crippen LogP contribution in [0.15, 0.2) is 43.0 Å². The van der Waals surface area contributed by atoms with E-state index in [0.717, 1.165) is 5.56 Å². The quantitative estimate of drug-likeness (QED) is 0.552. The van der Waals surface area contributed by atoms with E-state index in [1.807, 2.05) is 30.3 Å². The highest BCUT2D eigenvalue weighted by atomic mass is 16.5. The molecule has 14 heavy (non-hydrogen) atoms. The van der Waals surface area contributed by atoms with Crippen LogP contribution in [0.25, 0.3) is 0 Å². The van der Waals surface area contributed by atoms with Gasteiger partial charge in [-0.3, -0.25) is 0 Å². The number of ether oxygens (including phenoxy) is 1. The molecule has 0 aliphatic heterocycles. The molecule has 2 heteroatoms. The number of rotatable bonds is 6. The third kappa shape index (κ3) is 4.21. The molecule has 1 aromatic carbocycles. The molecule has 1 N–H and O–H groups in total. The lowest BCUT2D eigenvalue weighted by molar-refractivity contribution is 0.0884. The van der Waals surface area contributed by atoms with Gasteiger partial charge in [-0.25, -0.2) is 0 Å². The summed E-state index contributed by atoms with van der Waals surface area (Å²) in [5.41, 5.74) is 1.15. The third-order valence-electron chi connectivity index (χ3n) is 1.94. The minimum atomic E-state index is -0.453. The molecule has 0 amide bonds. The second-order valence-electron chi connectivity index (χ2n) is 3.13. The molecular formula is C12H16O2. The number of hydrogen-bond donors (Lipinski definition) is 1. The molecule has 0 bridgehead atoms. The molecule has 0 aliphatic carbocycles. The summed E-state index contributed by atoms with van der Waals surface area (Å²) in [6.45, 7) is 4.65. The van der Waals surface area contributed by atoms with Crippen LogP contribution in [0.1, 0.15) is 12.0 Å². The monoisotopic (exact) mass is 192 g/mol. The van der Waals surface area contributed by atoms with Crippen LogP contribution in [0, 0.1) is 0 Å². The van der Waals surface area contributed by atoms with Crippen LogP contribution in [0.4, 0.5) is 0 Å². The minimum absolute atomic E-state index is 0.453. The maximum Gasteiger partial charge on any atom is 0.0740 e. The Morgan fingerprint density at radius 3 is 2.71 bits per heavy atom. The van der Waals surface area contributed by atoms with E-state index in [4.69, 9.17) is 9.84 Å². The summed E-state index contributed by atoms with van der Waals surface area (Å²) in [6.07, 6.45) is 1.67. The van der Waals surface area contributed by atoms with Gasteiger partial charge in [-0.05, 0) is 5.56 Å². The molecule has 0 radical (unpaired) electrons. The summed E-state index contributed by atoms with van der Waals surface area (Å²) in [6, 6.07) is 9.98. The van der Waals surface area contributed by atoms with E-state index in [-0.39, 0.29) is 0 Å². The highest BCUT2D eigenvalue weighted by Gasteiger charge is 1.97. The lowest BCUT2D eigenvalue weighted by Crippen LogP contribution is -2.06. The Hall–Kier alpha value is -1.12. The normalized spacial score (nSPS) is 12.4. The standard InChI is InChI=1S/C12H16O2/c1-2-12(13)8-9-14-10-11-6-4-3-5-7-11/h2-7,12-13H,1,8-10H2/t12-/m1/s1. The number of benzene rings is 1. The fourth-order valence-corrected chi connectivity index (χ4v) is 1.09. The Balaban J connectivity index is 2.13. The van der Waals surface area contributed by atoms with Crippen LogP contribution in [0.3, 0.4) is 0 Å². The first-order valence-corrected chi connectivity index (χ1v) is 4.75. The van der Waals surface area contributed by atoms with Gasteiger partial charge in [-0.2, -0.15) is 0 Å². The zero-order valence-electron chi connectivity index (χ0n) is 8.23. The molecular weight excluding hydrogens is 176 g/mol. The van der Waals surface area contributed by atoms with Gasteiger partial charge in [0, 0.05) is 13.0 Å². The summed E-state index contributed by atoms with van der Waals surface area (Å²) in [5.74, 6) is 0. The Labute approximate surface area is 84.8 Å². The van der Waals surface area contributed by atoms with E-state index in [2.05, 4.69) is 6.58 Å². The summed E-state index contributed by atoms with van der Waals surface area (Å²) < 4.78 is 5.38. The topological polar surface area (TPSA) is 29.5 Å². The zero-order chi connectivity index (χ0) is 10.2. The van der Waals surface area contributed by atoms with Crippen molar-refractivity contribution in [3.8, 4) is 0 Å². The maximum absolute atomic E-state index is 9.16. The van der Waals surface area contributed by atoms with Gasteiger partial charge in [0.25, 0.3) is 0 Å². The van der Waals surface area contributed by atoms with Crippen molar-refractivity contribution in [2.45, 2.75) is 19.1 Å². The van der Waals surface area contributed by atoms with Crippen LogP contribution >= 0.6 is 0 Å². The molecule has 0 fully saturated rings. The highest BCUT2D eigenvalue weighted by molar-refractivity contribution is 5.13. The largest absolute Gasteiger partial charge is 0.389 e. The molecule has 1 aromatic rings. The van der Waals surface area contributed by atoms with Crippen LogP contribution in [0.2, 0.25) is 0 Å². The molecule has 2 nitrogen and oxygen atoms in total. The van der Waals surface area contributed by atoms with Gasteiger partial charge in [-0.15, -0.1) is 6.58 Å². The SMILES string of the molecule is C=C[C@@H](O)CCOCc1ccccc1. The van der Waals surface area contributed by atoms with Gasteiger partial charge in [0.05, 0.1) is 12.7 Å². The van der Waals surface area contributed by atoms with Crippen LogP contribution in [-0.2, 0) is 11.3 Å². The Kier molecular flexibility index (Phi) is 4.97. The molecule has 76 valence electrons. The average molecular weight is 192 g/mol. The summed E-state index contributed by atoms with van der Waals surface area (Å²) >= 11 is 0. The predicted molar refractivity (Wildman–Crippen MR) is 56.9 cm³/mol. The molecule has 0 unspecified atom stereocenters. The van der Waals surface area contributed by atoms with Gasteiger partial charge < -0.3 is 9.84 Å². The molecule has 0 heterocycles.